The lowest BCUT2D eigenvalue weighted by Crippen LogP contribution is -2.36. The highest BCUT2D eigenvalue weighted by molar-refractivity contribution is 5.74. The topological polar surface area (TPSA) is 59.3 Å². The van der Waals surface area contributed by atoms with Crippen LogP contribution in [0.25, 0.3) is 5.65 Å². The summed E-state index contributed by atoms with van der Waals surface area (Å²) in [5, 5.41) is 11.9. The van der Waals surface area contributed by atoms with Gasteiger partial charge in [0.25, 0.3) is 0 Å². The molecular formula is C13H16N4O. The summed E-state index contributed by atoms with van der Waals surface area (Å²) in [4.78, 5) is 10.8. The molecule has 1 aliphatic heterocycles. The van der Waals surface area contributed by atoms with Crippen molar-refractivity contribution in [1.82, 2.24) is 19.9 Å². The van der Waals surface area contributed by atoms with E-state index in [1.807, 2.05) is 10.5 Å². The molecule has 0 bridgehead atoms. The highest BCUT2D eigenvalue weighted by Gasteiger charge is 2.16. The molecule has 0 aliphatic carbocycles. The third-order valence-corrected chi connectivity index (χ3v) is 3.47. The molecule has 2 aromatic heterocycles. The number of piperidine rings is 1. The van der Waals surface area contributed by atoms with Gasteiger partial charge in [-0.25, -0.2) is 0 Å². The number of aromatic nitrogens is 3. The maximum atomic E-state index is 10.8. The van der Waals surface area contributed by atoms with Crippen molar-refractivity contribution in [2.75, 3.05) is 6.54 Å². The minimum absolute atomic E-state index is 0.478. The average Bonchev–Trinajstić information content (AvgIpc) is 2.82. The molecule has 3 heterocycles. The number of aldehydes is 1. The fraction of sp³-hybridized carbons (Fsp3) is 0.462. The van der Waals surface area contributed by atoms with Crippen molar-refractivity contribution >= 4 is 11.9 Å². The molecule has 0 saturated carbocycles. The van der Waals surface area contributed by atoms with E-state index in [-0.39, 0.29) is 0 Å². The Labute approximate surface area is 105 Å². The third-order valence-electron chi connectivity index (χ3n) is 3.47. The predicted molar refractivity (Wildman–Crippen MR) is 67.7 cm³/mol. The number of nitrogens with zero attached hydrogens (tertiary/aromatic N) is 3. The Morgan fingerprint density at radius 1 is 1.39 bits per heavy atom. The largest absolute Gasteiger partial charge is 0.314 e. The van der Waals surface area contributed by atoms with Crippen LogP contribution < -0.4 is 5.32 Å². The zero-order chi connectivity index (χ0) is 12.4. The molecule has 0 amide bonds. The van der Waals surface area contributed by atoms with Crippen LogP contribution in [0.5, 0.6) is 0 Å². The summed E-state index contributed by atoms with van der Waals surface area (Å²) in [5.41, 5.74) is 1.45. The van der Waals surface area contributed by atoms with Gasteiger partial charge in [0.2, 0.25) is 0 Å². The molecule has 1 atom stereocenters. The summed E-state index contributed by atoms with van der Waals surface area (Å²) >= 11 is 0. The van der Waals surface area contributed by atoms with Crippen molar-refractivity contribution in [3.8, 4) is 0 Å². The molecule has 18 heavy (non-hydrogen) atoms. The van der Waals surface area contributed by atoms with Gasteiger partial charge in [0.1, 0.15) is 5.82 Å². The zero-order valence-electron chi connectivity index (χ0n) is 10.2. The van der Waals surface area contributed by atoms with E-state index in [1.165, 1.54) is 19.3 Å². The van der Waals surface area contributed by atoms with Crippen LogP contribution in [-0.4, -0.2) is 33.5 Å². The first-order valence-electron chi connectivity index (χ1n) is 6.39. The molecular weight excluding hydrogens is 228 g/mol. The fourth-order valence-electron chi connectivity index (χ4n) is 2.48. The average molecular weight is 244 g/mol. The number of rotatable bonds is 3. The molecule has 1 fully saturated rings. The van der Waals surface area contributed by atoms with Gasteiger partial charge in [0.15, 0.2) is 11.9 Å². The van der Waals surface area contributed by atoms with Crippen LogP contribution in [0.15, 0.2) is 18.3 Å². The van der Waals surface area contributed by atoms with Crippen LogP contribution >= 0.6 is 0 Å². The van der Waals surface area contributed by atoms with Crippen LogP contribution in [0.2, 0.25) is 0 Å². The zero-order valence-corrected chi connectivity index (χ0v) is 10.2. The minimum Gasteiger partial charge on any atom is -0.314 e. The SMILES string of the molecule is O=Cc1ccc2nnc(CC3CCCCN3)n2c1. The van der Waals surface area contributed by atoms with Crippen molar-refractivity contribution in [2.24, 2.45) is 0 Å². The van der Waals surface area contributed by atoms with Crippen LogP contribution in [0.4, 0.5) is 0 Å². The second kappa shape index (κ2) is 4.86. The van der Waals surface area contributed by atoms with E-state index >= 15 is 0 Å². The standard InChI is InChI=1S/C13H16N4O/c18-9-10-4-5-12-15-16-13(17(12)8-10)7-11-3-1-2-6-14-11/h4-5,8-9,11,14H,1-3,6-7H2. The number of hydrogen-bond donors (Lipinski definition) is 1. The van der Waals surface area contributed by atoms with Gasteiger partial charge < -0.3 is 5.32 Å². The van der Waals surface area contributed by atoms with Gasteiger partial charge in [0.05, 0.1) is 0 Å². The summed E-state index contributed by atoms with van der Waals surface area (Å²) in [5.74, 6) is 0.924. The lowest BCUT2D eigenvalue weighted by molar-refractivity contribution is 0.112. The van der Waals surface area contributed by atoms with Gasteiger partial charge in [0, 0.05) is 24.2 Å². The molecule has 1 saturated heterocycles. The summed E-state index contributed by atoms with van der Waals surface area (Å²) in [6.45, 7) is 1.08. The van der Waals surface area contributed by atoms with Crippen molar-refractivity contribution in [1.29, 1.82) is 0 Å². The first-order valence-corrected chi connectivity index (χ1v) is 6.39. The number of hydrogen-bond acceptors (Lipinski definition) is 4. The number of fused-ring (bicyclic) bond motifs is 1. The lowest BCUT2D eigenvalue weighted by Gasteiger charge is -2.22. The molecule has 5 heteroatoms. The molecule has 1 aliphatic rings. The van der Waals surface area contributed by atoms with Crippen molar-refractivity contribution in [3.05, 3.63) is 29.7 Å². The van der Waals surface area contributed by atoms with Crippen LogP contribution in [0.1, 0.15) is 35.4 Å². The Hall–Kier alpha value is -1.75. The van der Waals surface area contributed by atoms with E-state index < -0.39 is 0 Å². The molecule has 5 nitrogen and oxygen atoms in total. The highest BCUT2D eigenvalue weighted by atomic mass is 16.1. The predicted octanol–water partition coefficient (Wildman–Crippen LogP) is 1.23. The molecule has 1 N–H and O–H groups in total. The highest BCUT2D eigenvalue weighted by Crippen LogP contribution is 2.13. The van der Waals surface area contributed by atoms with Gasteiger partial charge in [-0.05, 0) is 31.5 Å². The van der Waals surface area contributed by atoms with E-state index in [4.69, 9.17) is 0 Å². The van der Waals surface area contributed by atoms with Gasteiger partial charge in [-0.2, -0.15) is 0 Å². The third kappa shape index (κ3) is 2.13. The van der Waals surface area contributed by atoms with E-state index in [1.54, 1.807) is 12.3 Å². The van der Waals surface area contributed by atoms with Crippen LogP contribution in [0, 0.1) is 0 Å². The van der Waals surface area contributed by atoms with Gasteiger partial charge in [-0.3, -0.25) is 9.20 Å². The molecule has 2 aromatic rings. The lowest BCUT2D eigenvalue weighted by atomic mass is 10.0. The summed E-state index contributed by atoms with van der Waals surface area (Å²) in [7, 11) is 0. The second-order valence-electron chi connectivity index (χ2n) is 4.78. The van der Waals surface area contributed by atoms with Gasteiger partial charge in [-0.15, -0.1) is 10.2 Å². The summed E-state index contributed by atoms with van der Waals surface area (Å²) < 4.78 is 1.92. The van der Waals surface area contributed by atoms with E-state index in [2.05, 4.69) is 15.5 Å². The Morgan fingerprint density at radius 3 is 3.11 bits per heavy atom. The first-order chi connectivity index (χ1) is 8.86. The maximum Gasteiger partial charge on any atom is 0.160 e. The quantitative estimate of drug-likeness (QED) is 0.825. The van der Waals surface area contributed by atoms with Crippen molar-refractivity contribution in [3.63, 3.8) is 0 Å². The molecule has 94 valence electrons. The molecule has 1 unspecified atom stereocenters. The molecule has 3 rings (SSSR count). The monoisotopic (exact) mass is 244 g/mol. The normalized spacial score (nSPS) is 20.1. The molecule has 0 spiro atoms. The number of pyridine rings is 1. The Balaban J connectivity index is 1.88. The number of carbonyl (C=O) groups is 1. The van der Waals surface area contributed by atoms with Gasteiger partial charge in [-0.1, -0.05) is 6.42 Å². The Kier molecular flexibility index (Phi) is 3.06. The summed E-state index contributed by atoms with van der Waals surface area (Å²) in [6.07, 6.45) is 7.23. The number of carbonyl (C=O) groups excluding carboxylic acids is 1. The second-order valence-corrected chi connectivity index (χ2v) is 4.78. The van der Waals surface area contributed by atoms with E-state index in [9.17, 15) is 4.79 Å². The van der Waals surface area contributed by atoms with Gasteiger partial charge >= 0.3 is 0 Å². The summed E-state index contributed by atoms with van der Waals surface area (Å²) in [6, 6.07) is 4.07. The van der Waals surface area contributed by atoms with Crippen LogP contribution in [0.3, 0.4) is 0 Å². The fourth-order valence-corrected chi connectivity index (χ4v) is 2.48. The van der Waals surface area contributed by atoms with Crippen molar-refractivity contribution in [2.45, 2.75) is 31.7 Å². The number of nitrogens with one attached hydrogen (secondary N) is 1. The Morgan fingerprint density at radius 2 is 2.33 bits per heavy atom. The van der Waals surface area contributed by atoms with E-state index in [0.717, 1.165) is 30.7 Å². The van der Waals surface area contributed by atoms with Crippen LogP contribution in [-0.2, 0) is 6.42 Å². The van der Waals surface area contributed by atoms with E-state index in [0.29, 0.717) is 11.6 Å². The Bertz CT molecular complexity index is 557. The maximum absolute atomic E-state index is 10.8. The molecule has 0 aromatic carbocycles. The first kappa shape index (κ1) is 11.3. The smallest absolute Gasteiger partial charge is 0.160 e. The molecule has 0 radical (unpaired) electrons. The minimum atomic E-state index is 0.478. The van der Waals surface area contributed by atoms with Crippen molar-refractivity contribution < 1.29 is 4.79 Å².